The molecule has 0 N–H and O–H groups in total. The number of allylic oxidation sites excluding steroid dienone is 2. The second-order valence-electron chi connectivity index (χ2n) is 7.58. The molecule has 1 aliphatic carbocycles. The Kier molecular flexibility index (Phi) is 6.76. The molecule has 3 aromatic carbocycles. The number of rotatable bonds is 8. The highest BCUT2D eigenvalue weighted by molar-refractivity contribution is 6.41. The molecule has 4 rings (SSSR count). The molecule has 0 saturated heterocycles. The van der Waals surface area contributed by atoms with E-state index in [9.17, 15) is 9.59 Å². The van der Waals surface area contributed by atoms with Crippen LogP contribution in [0.15, 0.2) is 78.9 Å². The minimum atomic E-state index is -0.266. The summed E-state index contributed by atoms with van der Waals surface area (Å²) in [5, 5.41) is 0.625. The van der Waals surface area contributed by atoms with E-state index in [1.807, 2.05) is 37.3 Å². The lowest BCUT2D eigenvalue weighted by molar-refractivity contribution is 0.0990. The van der Waals surface area contributed by atoms with Gasteiger partial charge in [-0.2, -0.15) is 0 Å². The summed E-state index contributed by atoms with van der Waals surface area (Å²) < 4.78 is 12.0. The fourth-order valence-corrected chi connectivity index (χ4v) is 4.03. The van der Waals surface area contributed by atoms with Crippen molar-refractivity contribution in [3.63, 3.8) is 0 Å². The van der Waals surface area contributed by atoms with Crippen molar-refractivity contribution in [2.75, 3.05) is 6.61 Å². The van der Waals surface area contributed by atoms with Crippen LogP contribution < -0.4 is 9.47 Å². The molecule has 0 unspecified atom stereocenters. The molecule has 4 nitrogen and oxygen atoms in total. The molecular formula is C28H23ClO4. The summed E-state index contributed by atoms with van der Waals surface area (Å²) in [7, 11) is 0. The van der Waals surface area contributed by atoms with E-state index in [1.54, 1.807) is 42.5 Å². The third-order valence-electron chi connectivity index (χ3n) is 5.36. The number of halogens is 1. The lowest BCUT2D eigenvalue weighted by Gasteiger charge is -2.17. The predicted octanol–water partition coefficient (Wildman–Crippen LogP) is 6.51. The van der Waals surface area contributed by atoms with Gasteiger partial charge in [-0.25, -0.2) is 0 Å². The SMILES string of the molecule is C=CCc1cc(C=C2C(=O)c3ccccc3C2=O)cc(OCC)c1OCc1ccccc1Cl. The Morgan fingerprint density at radius 2 is 1.58 bits per heavy atom. The second-order valence-corrected chi connectivity index (χ2v) is 7.98. The van der Waals surface area contributed by atoms with Crippen LogP contribution in [0.5, 0.6) is 11.5 Å². The van der Waals surface area contributed by atoms with E-state index in [-0.39, 0.29) is 23.7 Å². The molecule has 166 valence electrons. The summed E-state index contributed by atoms with van der Waals surface area (Å²) in [5.41, 5.74) is 3.40. The normalized spacial score (nSPS) is 12.5. The van der Waals surface area contributed by atoms with Gasteiger partial charge in [-0.15, -0.1) is 6.58 Å². The molecule has 0 aromatic heterocycles. The van der Waals surface area contributed by atoms with E-state index in [1.165, 1.54) is 0 Å². The second kappa shape index (κ2) is 9.88. The van der Waals surface area contributed by atoms with Crippen LogP contribution in [0, 0.1) is 0 Å². The monoisotopic (exact) mass is 458 g/mol. The van der Waals surface area contributed by atoms with Crippen molar-refractivity contribution in [1.82, 2.24) is 0 Å². The van der Waals surface area contributed by atoms with Crippen molar-refractivity contribution in [2.45, 2.75) is 20.0 Å². The minimum Gasteiger partial charge on any atom is -0.490 e. The Bertz CT molecular complexity index is 1240. The van der Waals surface area contributed by atoms with Crippen LogP contribution in [0.3, 0.4) is 0 Å². The van der Waals surface area contributed by atoms with E-state index in [0.29, 0.717) is 46.2 Å². The Balaban J connectivity index is 1.73. The van der Waals surface area contributed by atoms with Gasteiger partial charge in [0.15, 0.2) is 23.1 Å². The Morgan fingerprint density at radius 1 is 0.909 bits per heavy atom. The lowest BCUT2D eigenvalue weighted by Crippen LogP contribution is -2.04. The minimum absolute atomic E-state index is 0.146. The van der Waals surface area contributed by atoms with Crippen LogP contribution in [0.25, 0.3) is 6.08 Å². The third kappa shape index (κ3) is 4.62. The molecule has 0 bridgehead atoms. The van der Waals surface area contributed by atoms with Gasteiger partial charge >= 0.3 is 0 Å². The molecule has 0 saturated carbocycles. The summed E-state index contributed by atoms with van der Waals surface area (Å²) in [4.78, 5) is 25.6. The Labute approximate surface area is 198 Å². The zero-order chi connectivity index (χ0) is 23.4. The fraction of sp³-hybridized carbons (Fsp3) is 0.143. The molecule has 3 aromatic rings. The smallest absolute Gasteiger partial charge is 0.197 e. The maximum atomic E-state index is 12.8. The molecule has 1 aliphatic rings. The zero-order valence-corrected chi connectivity index (χ0v) is 19.0. The van der Waals surface area contributed by atoms with Crippen molar-refractivity contribution in [2.24, 2.45) is 0 Å². The molecule has 0 atom stereocenters. The average Bonchev–Trinajstić information content (AvgIpc) is 3.05. The van der Waals surface area contributed by atoms with Crippen molar-refractivity contribution in [3.8, 4) is 11.5 Å². The first-order chi connectivity index (χ1) is 16.0. The number of carbonyl (C=O) groups excluding carboxylic acids is 2. The number of hydrogen-bond donors (Lipinski definition) is 0. The van der Waals surface area contributed by atoms with E-state index < -0.39 is 0 Å². The highest BCUT2D eigenvalue weighted by atomic mass is 35.5. The van der Waals surface area contributed by atoms with Crippen molar-refractivity contribution in [3.05, 3.63) is 112 Å². The Morgan fingerprint density at radius 3 is 2.21 bits per heavy atom. The molecule has 0 radical (unpaired) electrons. The Hall–Kier alpha value is -3.63. The van der Waals surface area contributed by atoms with Crippen molar-refractivity contribution < 1.29 is 19.1 Å². The summed E-state index contributed by atoms with van der Waals surface area (Å²) in [5.74, 6) is 0.591. The van der Waals surface area contributed by atoms with Gasteiger partial charge in [-0.1, -0.05) is 60.1 Å². The number of ether oxygens (including phenoxy) is 2. The number of ketones is 2. The molecule has 0 heterocycles. The molecule has 0 fully saturated rings. The fourth-order valence-electron chi connectivity index (χ4n) is 3.84. The molecule has 0 amide bonds. The van der Waals surface area contributed by atoms with Gasteiger partial charge in [0.05, 0.1) is 12.2 Å². The number of benzene rings is 3. The number of Topliss-reactive ketones (excluding diaryl/α,β-unsaturated/α-hetero) is 2. The van der Waals surface area contributed by atoms with Crippen LogP contribution in [-0.4, -0.2) is 18.2 Å². The lowest BCUT2D eigenvalue weighted by atomic mass is 10.0. The van der Waals surface area contributed by atoms with Gasteiger partial charge in [-0.3, -0.25) is 9.59 Å². The van der Waals surface area contributed by atoms with Crippen LogP contribution >= 0.6 is 11.6 Å². The van der Waals surface area contributed by atoms with Crippen LogP contribution in [0.1, 0.15) is 44.3 Å². The highest BCUT2D eigenvalue weighted by Gasteiger charge is 2.32. The van der Waals surface area contributed by atoms with Crippen molar-refractivity contribution >= 4 is 29.2 Å². The van der Waals surface area contributed by atoms with Gasteiger partial charge in [0.1, 0.15) is 6.61 Å². The number of fused-ring (bicyclic) bond motifs is 1. The standard InChI is InChI=1S/C28H23ClO4/c1-3-9-19-14-18(15-23-26(30)21-11-6-7-12-22(21)27(23)31)16-25(32-4-2)28(19)33-17-20-10-5-8-13-24(20)29/h3,5-8,10-16H,1,4,9,17H2,2H3. The summed E-state index contributed by atoms with van der Waals surface area (Å²) >= 11 is 6.28. The molecule has 33 heavy (non-hydrogen) atoms. The zero-order valence-electron chi connectivity index (χ0n) is 18.3. The van der Waals surface area contributed by atoms with Gasteiger partial charge in [0.25, 0.3) is 0 Å². The number of carbonyl (C=O) groups is 2. The number of hydrogen-bond acceptors (Lipinski definition) is 4. The van der Waals surface area contributed by atoms with Crippen LogP contribution in [-0.2, 0) is 13.0 Å². The average molecular weight is 459 g/mol. The topological polar surface area (TPSA) is 52.6 Å². The largest absolute Gasteiger partial charge is 0.490 e. The molecule has 0 spiro atoms. The highest BCUT2D eigenvalue weighted by Crippen LogP contribution is 2.37. The maximum Gasteiger partial charge on any atom is 0.197 e. The first-order valence-corrected chi connectivity index (χ1v) is 11.1. The third-order valence-corrected chi connectivity index (χ3v) is 5.73. The van der Waals surface area contributed by atoms with Gasteiger partial charge < -0.3 is 9.47 Å². The van der Waals surface area contributed by atoms with Crippen LogP contribution in [0.4, 0.5) is 0 Å². The van der Waals surface area contributed by atoms with E-state index in [0.717, 1.165) is 11.1 Å². The summed E-state index contributed by atoms with van der Waals surface area (Å²) in [6.07, 6.45) is 3.92. The summed E-state index contributed by atoms with van der Waals surface area (Å²) in [6, 6.07) is 18.0. The first kappa shape index (κ1) is 22.6. The maximum absolute atomic E-state index is 12.8. The van der Waals surface area contributed by atoms with E-state index in [2.05, 4.69) is 6.58 Å². The first-order valence-electron chi connectivity index (χ1n) is 10.7. The molecule has 5 heteroatoms. The van der Waals surface area contributed by atoms with Gasteiger partial charge in [-0.05, 0) is 43.2 Å². The molecular weight excluding hydrogens is 436 g/mol. The predicted molar refractivity (Wildman–Crippen MR) is 130 cm³/mol. The quantitative estimate of drug-likeness (QED) is 0.219. The van der Waals surface area contributed by atoms with Crippen LogP contribution in [0.2, 0.25) is 5.02 Å². The molecule has 0 aliphatic heterocycles. The van der Waals surface area contributed by atoms with Gasteiger partial charge in [0, 0.05) is 27.3 Å². The van der Waals surface area contributed by atoms with E-state index in [4.69, 9.17) is 21.1 Å². The van der Waals surface area contributed by atoms with E-state index >= 15 is 0 Å². The van der Waals surface area contributed by atoms with Gasteiger partial charge in [0.2, 0.25) is 0 Å². The summed E-state index contributed by atoms with van der Waals surface area (Å²) in [6.45, 7) is 6.44. The van der Waals surface area contributed by atoms with Crippen molar-refractivity contribution in [1.29, 1.82) is 0 Å².